The van der Waals surface area contributed by atoms with E-state index in [2.05, 4.69) is 29.5 Å². The Morgan fingerprint density at radius 3 is 2.84 bits per heavy atom. The lowest BCUT2D eigenvalue weighted by Gasteiger charge is -2.33. The Bertz CT molecular complexity index is 458. The molecule has 1 aliphatic rings. The first-order valence-corrected chi connectivity index (χ1v) is 7.18. The maximum atomic E-state index is 12.1. The second-order valence-corrected chi connectivity index (χ2v) is 5.62. The minimum Gasteiger partial charge on any atom is -0.370 e. The number of amides is 1. The SMILES string of the molecule is CCCNc1cc(C(=O)NC2CC(C)C2)cc(Cl)n1. The lowest BCUT2D eigenvalue weighted by atomic mass is 9.82. The molecule has 1 heterocycles. The number of carbonyl (C=O) groups excluding carboxylic acids is 1. The molecule has 0 radical (unpaired) electrons. The van der Waals surface area contributed by atoms with Crippen molar-refractivity contribution in [1.29, 1.82) is 0 Å². The van der Waals surface area contributed by atoms with Gasteiger partial charge in [-0.05, 0) is 37.3 Å². The molecular formula is C14H20ClN3O. The van der Waals surface area contributed by atoms with Gasteiger partial charge in [-0.1, -0.05) is 25.4 Å². The van der Waals surface area contributed by atoms with Crippen LogP contribution in [0.3, 0.4) is 0 Å². The summed E-state index contributed by atoms with van der Waals surface area (Å²) >= 11 is 5.95. The van der Waals surface area contributed by atoms with Crippen molar-refractivity contribution in [3.63, 3.8) is 0 Å². The third kappa shape index (κ3) is 3.83. The molecule has 1 amide bonds. The van der Waals surface area contributed by atoms with Crippen molar-refractivity contribution in [1.82, 2.24) is 10.3 Å². The minimum atomic E-state index is -0.0688. The molecule has 1 saturated carbocycles. The van der Waals surface area contributed by atoms with Crippen LogP contribution in [0.15, 0.2) is 12.1 Å². The molecule has 0 aliphatic heterocycles. The van der Waals surface area contributed by atoms with Gasteiger partial charge < -0.3 is 10.6 Å². The van der Waals surface area contributed by atoms with E-state index in [0.717, 1.165) is 25.8 Å². The molecule has 5 heteroatoms. The average molecular weight is 282 g/mol. The van der Waals surface area contributed by atoms with Crippen molar-refractivity contribution in [2.75, 3.05) is 11.9 Å². The largest absolute Gasteiger partial charge is 0.370 e. The van der Waals surface area contributed by atoms with E-state index < -0.39 is 0 Å². The van der Waals surface area contributed by atoms with Crippen LogP contribution in [0.25, 0.3) is 0 Å². The van der Waals surface area contributed by atoms with E-state index in [0.29, 0.717) is 28.5 Å². The van der Waals surface area contributed by atoms with Gasteiger partial charge in [-0.15, -0.1) is 0 Å². The summed E-state index contributed by atoms with van der Waals surface area (Å²) in [6.07, 6.45) is 3.12. The van der Waals surface area contributed by atoms with E-state index >= 15 is 0 Å². The number of hydrogen-bond acceptors (Lipinski definition) is 3. The number of nitrogens with one attached hydrogen (secondary N) is 2. The first kappa shape index (κ1) is 14.1. The molecule has 4 nitrogen and oxygen atoms in total. The minimum absolute atomic E-state index is 0.0688. The topological polar surface area (TPSA) is 54.0 Å². The molecule has 1 aliphatic carbocycles. The number of halogens is 1. The van der Waals surface area contributed by atoms with Crippen LogP contribution in [0.2, 0.25) is 5.15 Å². The van der Waals surface area contributed by atoms with Gasteiger partial charge in [0.1, 0.15) is 11.0 Å². The fraction of sp³-hybridized carbons (Fsp3) is 0.571. The Kier molecular flexibility index (Phi) is 4.64. The normalized spacial score (nSPS) is 21.6. The van der Waals surface area contributed by atoms with Gasteiger partial charge in [-0.3, -0.25) is 4.79 Å². The summed E-state index contributed by atoms with van der Waals surface area (Å²) < 4.78 is 0. The van der Waals surface area contributed by atoms with Crippen molar-refractivity contribution in [2.45, 2.75) is 39.2 Å². The monoisotopic (exact) mass is 281 g/mol. The van der Waals surface area contributed by atoms with Crippen LogP contribution in [-0.4, -0.2) is 23.5 Å². The lowest BCUT2D eigenvalue weighted by Crippen LogP contribution is -2.43. The zero-order valence-corrected chi connectivity index (χ0v) is 12.1. The molecule has 19 heavy (non-hydrogen) atoms. The molecule has 0 unspecified atom stereocenters. The zero-order chi connectivity index (χ0) is 13.8. The first-order valence-electron chi connectivity index (χ1n) is 6.80. The van der Waals surface area contributed by atoms with Gasteiger partial charge in [0.15, 0.2) is 0 Å². The zero-order valence-electron chi connectivity index (χ0n) is 11.4. The fourth-order valence-corrected chi connectivity index (χ4v) is 2.47. The fourth-order valence-electron chi connectivity index (χ4n) is 2.26. The molecule has 1 fully saturated rings. The van der Waals surface area contributed by atoms with Gasteiger partial charge >= 0.3 is 0 Å². The van der Waals surface area contributed by atoms with E-state index in [9.17, 15) is 4.79 Å². The van der Waals surface area contributed by atoms with Crippen LogP contribution < -0.4 is 10.6 Å². The van der Waals surface area contributed by atoms with E-state index in [1.165, 1.54) is 0 Å². The Morgan fingerprint density at radius 1 is 1.47 bits per heavy atom. The highest BCUT2D eigenvalue weighted by Gasteiger charge is 2.27. The second-order valence-electron chi connectivity index (χ2n) is 5.24. The Labute approximate surface area is 118 Å². The summed E-state index contributed by atoms with van der Waals surface area (Å²) in [6.45, 7) is 5.08. The van der Waals surface area contributed by atoms with Crippen LogP contribution in [0.5, 0.6) is 0 Å². The number of rotatable bonds is 5. The number of carbonyl (C=O) groups is 1. The molecule has 1 aromatic heterocycles. The molecule has 1 aromatic rings. The van der Waals surface area contributed by atoms with Crippen molar-refractivity contribution < 1.29 is 4.79 Å². The van der Waals surface area contributed by atoms with E-state index in [4.69, 9.17) is 11.6 Å². The molecule has 2 N–H and O–H groups in total. The highest BCUT2D eigenvalue weighted by molar-refractivity contribution is 6.29. The summed E-state index contributed by atoms with van der Waals surface area (Å²) in [5.41, 5.74) is 0.568. The van der Waals surface area contributed by atoms with Crippen LogP contribution in [0, 0.1) is 5.92 Å². The summed E-state index contributed by atoms with van der Waals surface area (Å²) in [7, 11) is 0. The number of pyridine rings is 1. The molecule has 0 atom stereocenters. The quantitative estimate of drug-likeness (QED) is 0.816. The van der Waals surface area contributed by atoms with Crippen molar-refractivity contribution in [3.8, 4) is 0 Å². The summed E-state index contributed by atoms with van der Waals surface area (Å²) in [5, 5.41) is 6.50. The van der Waals surface area contributed by atoms with Gasteiger partial charge in [0.05, 0.1) is 0 Å². The van der Waals surface area contributed by atoms with Crippen molar-refractivity contribution >= 4 is 23.3 Å². The molecule has 104 valence electrons. The molecule has 0 aromatic carbocycles. The molecule has 0 saturated heterocycles. The predicted octanol–water partition coefficient (Wildman–Crippen LogP) is 3.09. The Morgan fingerprint density at radius 2 is 2.21 bits per heavy atom. The van der Waals surface area contributed by atoms with Gasteiger partial charge in [-0.25, -0.2) is 4.98 Å². The van der Waals surface area contributed by atoms with Gasteiger partial charge in [0.25, 0.3) is 5.91 Å². The van der Waals surface area contributed by atoms with Crippen molar-refractivity contribution in [2.24, 2.45) is 5.92 Å². The predicted molar refractivity (Wildman–Crippen MR) is 77.7 cm³/mol. The molecule has 0 spiro atoms. The van der Waals surface area contributed by atoms with Gasteiger partial charge in [0, 0.05) is 18.2 Å². The smallest absolute Gasteiger partial charge is 0.251 e. The molecule has 2 rings (SSSR count). The standard InChI is InChI=1S/C14H20ClN3O/c1-3-4-16-13-8-10(7-12(15)18-13)14(19)17-11-5-9(2)6-11/h7-9,11H,3-6H2,1-2H3,(H,16,18)(H,17,19). The highest BCUT2D eigenvalue weighted by Crippen LogP contribution is 2.26. The summed E-state index contributed by atoms with van der Waals surface area (Å²) in [5.74, 6) is 1.30. The van der Waals surface area contributed by atoms with Gasteiger partial charge in [0.2, 0.25) is 0 Å². The average Bonchev–Trinajstić information content (AvgIpc) is 2.33. The van der Waals surface area contributed by atoms with Crippen molar-refractivity contribution in [3.05, 3.63) is 22.8 Å². The molecular weight excluding hydrogens is 262 g/mol. The number of aromatic nitrogens is 1. The number of nitrogens with zero attached hydrogens (tertiary/aromatic N) is 1. The third-order valence-corrected chi connectivity index (χ3v) is 3.52. The summed E-state index contributed by atoms with van der Waals surface area (Å²) in [4.78, 5) is 16.3. The van der Waals surface area contributed by atoms with Crippen LogP contribution in [0.4, 0.5) is 5.82 Å². The molecule has 0 bridgehead atoms. The third-order valence-electron chi connectivity index (χ3n) is 3.32. The maximum Gasteiger partial charge on any atom is 0.251 e. The van der Waals surface area contributed by atoms with Crippen LogP contribution in [0.1, 0.15) is 43.5 Å². The number of hydrogen-bond donors (Lipinski definition) is 2. The highest BCUT2D eigenvalue weighted by atomic mass is 35.5. The maximum absolute atomic E-state index is 12.1. The van der Waals surface area contributed by atoms with E-state index in [-0.39, 0.29) is 5.91 Å². The lowest BCUT2D eigenvalue weighted by molar-refractivity contribution is 0.0896. The number of anilines is 1. The van der Waals surface area contributed by atoms with E-state index in [1.54, 1.807) is 12.1 Å². The van der Waals surface area contributed by atoms with E-state index in [1.807, 2.05) is 0 Å². The summed E-state index contributed by atoms with van der Waals surface area (Å²) in [6, 6.07) is 3.66. The Balaban J connectivity index is 2.01. The van der Waals surface area contributed by atoms with Crippen LogP contribution in [-0.2, 0) is 0 Å². The Hall–Kier alpha value is -1.29. The van der Waals surface area contributed by atoms with Crippen LogP contribution >= 0.6 is 11.6 Å². The first-order chi connectivity index (χ1) is 9.08. The second kappa shape index (κ2) is 6.24. The van der Waals surface area contributed by atoms with Gasteiger partial charge in [-0.2, -0.15) is 0 Å².